The molecule has 122 valence electrons. The van der Waals surface area contributed by atoms with Crippen molar-refractivity contribution in [1.29, 1.82) is 0 Å². The van der Waals surface area contributed by atoms with Crippen molar-refractivity contribution in [3.8, 4) is 0 Å². The SMILES string of the molecule is Cl.Cl.O=C1NC(NCC2CC2)=NC1=Cc1c[nH]c2ncccc12. The molecule has 3 N–H and O–H groups in total. The van der Waals surface area contributed by atoms with Gasteiger partial charge in [0.2, 0.25) is 5.96 Å². The van der Waals surface area contributed by atoms with Gasteiger partial charge in [0.1, 0.15) is 11.3 Å². The number of pyridine rings is 1. The standard InChI is InChI=1S/C15H15N5O.2ClH/c21-14-12(19-15(20-14)18-7-9-3-4-9)6-10-8-17-13-11(10)2-1-5-16-13;;/h1-2,5-6,8-9H,3-4,7H2,(H,16,17)(H2,18,19,20,21);2*1H. The highest BCUT2D eigenvalue weighted by Gasteiger charge is 2.24. The van der Waals surface area contributed by atoms with E-state index in [1.54, 1.807) is 12.3 Å². The summed E-state index contributed by atoms with van der Waals surface area (Å²) in [6.07, 6.45) is 7.87. The maximum atomic E-state index is 11.9. The van der Waals surface area contributed by atoms with Gasteiger partial charge < -0.3 is 10.3 Å². The van der Waals surface area contributed by atoms with Crippen LogP contribution in [0.1, 0.15) is 18.4 Å². The largest absolute Gasteiger partial charge is 0.355 e. The van der Waals surface area contributed by atoms with Crippen LogP contribution in [0.2, 0.25) is 0 Å². The molecule has 0 saturated heterocycles. The van der Waals surface area contributed by atoms with Gasteiger partial charge in [-0.25, -0.2) is 9.98 Å². The van der Waals surface area contributed by atoms with Gasteiger partial charge in [0.15, 0.2) is 0 Å². The molecule has 1 saturated carbocycles. The lowest BCUT2D eigenvalue weighted by atomic mass is 10.2. The van der Waals surface area contributed by atoms with Gasteiger partial charge in [-0.15, -0.1) is 24.8 Å². The number of fused-ring (bicyclic) bond motifs is 1. The molecule has 0 spiro atoms. The van der Waals surface area contributed by atoms with E-state index in [2.05, 4.69) is 25.6 Å². The highest BCUT2D eigenvalue weighted by Crippen LogP contribution is 2.27. The fraction of sp³-hybridized carbons (Fsp3) is 0.267. The van der Waals surface area contributed by atoms with Crippen LogP contribution >= 0.6 is 24.8 Å². The van der Waals surface area contributed by atoms with Gasteiger partial charge in [0.25, 0.3) is 5.91 Å². The number of nitrogens with zero attached hydrogens (tertiary/aromatic N) is 2. The van der Waals surface area contributed by atoms with Gasteiger partial charge >= 0.3 is 0 Å². The fourth-order valence-electron chi connectivity index (χ4n) is 2.36. The summed E-state index contributed by atoms with van der Waals surface area (Å²) in [7, 11) is 0. The van der Waals surface area contributed by atoms with E-state index < -0.39 is 0 Å². The quantitative estimate of drug-likeness (QED) is 0.740. The van der Waals surface area contributed by atoms with Crippen molar-refractivity contribution in [3.63, 3.8) is 0 Å². The van der Waals surface area contributed by atoms with Crippen LogP contribution < -0.4 is 10.6 Å². The minimum Gasteiger partial charge on any atom is -0.355 e. The third-order valence-electron chi connectivity index (χ3n) is 3.73. The number of hydrogen-bond acceptors (Lipinski definition) is 4. The van der Waals surface area contributed by atoms with Gasteiger partial charge in [0, 0.05) is 29.9 Å². The monoisotopic (exact) mass is 353 g/mol. The van der Waals surface area contributed by atoms with Crippen LogP contribution in [0.3, 0.4) is 0 Å². The number of amides is 1. The molecule has 2 aromatic heterocycles. The molecule has 0 aromatic carbocycles. The summed E-state index contributed by atoms with van der Waals surface area (Å²) < 4.78 is 0. The molecular formula is C15H17Cl2N5O. The van der Waals surface area contributed by atoms with Crippen molar-refractivity contribution >= 4 is 53.8 Å². The van der Waals surface area contributed by atoms with Crippen molar-refractivity contribution in [1.82, 2.24) is 20.6 Å². The van der Waals surface area contributed by atoms with Crippen LogP contribution in [0, 0.1) is 5.92 Å². The molecule has 2 aromatic rings. The van der Waals surface area contributed by atoms with Crippen molar-refractivity contribution in [2.24, 2.45) is 10.9 Å². The van der Waals surface area contributed by atoms with E-state index in [1.165, 1.54) is 12.8 Å². The summed E-state index contributed by atoms with van der Waals surface area (Å²) in [6, 6.07) is 3.84. The number of H-pyrrole nitrogens is 1. The zero-order chi connectivity index (χ0) is 14.2. The molecule has 0 radical (unpaired) electrons. The Morgan fingerprint density at radius 3 is 2.96 bits per heavy atom. The molecule has 0 atom stereocenters. The summed E-state index contributed by atoms with van der Waals surface area (Å²) in [6.45, 7) is 0.878. The number of aliphatic imine (C=N–C) groups is 1. The third-order valence-corrected chi connectivity index (χ3v) is 3.73. The molecule has 4 rings (SSSR count). The first-order valence-corrected chi connectivity index (χ1v) is 7.07. The molecule has 0 unspecified atom stereocenters. The number of rotatable bonds is 3. The lowest BCUT2D eigenvalue weighted by molar-refractivity contribution is -0.115. The summed E-state index contributed by atoms with van der Waals surface area (Å²) >= 11 is 0. The van der Waals surface area contributed by atoms with Crippen LogP contribution in [0.5, 0.6) is 0 Å². The average Bonchev–Trinajstić information content (AvgIpc) is 3.15. The van der Waals surface area contributed by atoms with Crippen molar-refractivity contribution in [2.45, 2.75) is 12.8 Å². The molecule has 0 bridgehead atoms. The Labute approximate surface area is 145 Å². The highest BCUT2D eigenvalue weighted by atomic mass is 35.5. The number of aromatic amines is 1. The Bertz CT molecular complexity index is 779. The molecule has 1 fully saturated rings. The minimum atomic E-state index is -0.175. The van der Waals surface area contributed by atoms with Crippen LogP contribution in [0.4, 0.5) is 0 Å². The van der Waals surface area contributed by atoms with E-state index in [0.29, 0.717) is 11.7 Å². The summed E-state index contributed by atoms with van der Waals surface area (Å²) in [5.74, 6) is 1.11. The molecule has 6 nitrogen and oxygen atoms in total. The first-order valence-electron chi connectivity index (χ1n) is 7.07. The number of carbonyl (C=O) groups is 1. The molecule has 1 aliphatic heterocycles. The van der Waals surface area contributed by atoms with E-state index in [4.69, 9.17) is 0 Å². The molecule has 8 heteroatoms. The zero-order valence-corrected chi connectivity index (χ0v) is 13.8. The van der Waals surface area contributed by atoms with Crippen molar-refractivity contribution < 1.29 is 4.79 Å². The Kier molecular flexibility index (Phi) is 5.28. The maximum Gasteiger partial charge on any atom is 0.276 e. The molecular weight excluding hydrogens is 337 g/mol. The van der Waals surface area contributed by atoms with Crippen LogP contribution in [0.25, 0.3) is 17.1 Å². The highest BCUT2D eigenvalue weighted by molar-refractivity contribution is 6.14. The predicted octanol–water partition coefficient (Wildman–Crippen LogP) is 2.23. The van der Waals surface area contributed by atoms with Gasteiger partial charge in [0.05, 0.1) is 0 Å². The third kappa shape index (κ3) is 3.65. The van der Waals surface area contributed by atoms with Crippen LogP contribution in [-0.2, 0) is 4.79 Å². The predicted molar refractivity (Wildman–Crippen MR) is 94.9 cm³/mol. The second kappa shape index (κ2) is 7.02. The Morgan fingerprint density at radius 2 is 2.17 bits per heavy atom. The fourth-order valence-corrected chi connectivity index (χ4v) is 2.36. The smallest absolute Gasteiger partial charge is 0.276 e. The maximum absolute atomic E-state index is 11.9. The Hall–Kier alpha value is -2.05. The van der Waals surface area contributed by atoms with Gasteiger partial charge in [-0.1, -0.05) is 0 Å². The summed E-state index contributed by atoms with van der Waals surface area (Å²) in [5.41, 5.74) is 2.13. The van der Waals surface area contributed by atoms with Gasteiger partial charge in [-0.2, -0.15) is 0 Å². The minimum absolute atomic E-state index is 0. The molecule has 1 amide bonds. The van der Waals surface area contributed by atoms with E-state index >= 15 is 0 Å². The van der Waals surface area contributed by atoms with E-state index in [0.717, 1.165) is 29.1 Å². The summed E-state index contributed by atoms with van der Waals surface area (Å²) in [4.78, 5) is 23.6. The topological polar surface area (TPSA) is 82.2 Å². The lowest BCUT2D eigenvalue weighted by Gasteiger charge is -2.02. The van der Waals surface area contributed by atoms with Crippen LogP contribution in [0.15, 0.2) is 35.2 Å². The van der Waals surface area contributed by atoms with Crippen molar-refractivity contribution in [2.75, 3.05) is 6.54 Å². The lowest BCUT2D eigenvalue weighted by Crippen LogP contribution is -2.37. The number of carbonyl (C=O) groups excluding carboxylic acids is 1. The Morgan fingerprint density at radius 1 is 1.35 bits per heavy atom. The number of aromatic nitrogens is 2. The number of guanidine groups is 1. The van der Waals surface area contributed by atoms with Crippen LogP contribution in [-0.4, -0.2) is 28.4 Å². The molecule has 1 aliphatic carbocycles. The second-order valence-electron chi connectivity index (χ2n) is 5.41. The molecule has 3 heterocycles. The normalized spacial score (nSPS) is 18.2. The molecule has 2 aliphatic rings. The number of nitrogens with one attached hydrogen (secondary N) is 3. The van der Waals surface area contributed by atoms with Crippen molar-refractivity contribution in [3.05, 3.63) is 35.8 Å². The van der Waals surface area contributed by atoms with Gasteiger partial charge in [-0.05, 0) is 37.0 Å². The number of hydrogen-bond donors (Lipinski definition) is 3. The Balaban J connectivity index is 0.000000960. The van der Waals surface area contributed by atoms with Gasteiger partial charge in [-0.3, -0.25) is 10.1 Å². The van der Waals surface area contributed by atoms with E-state index in [1.807, 2.05) is 18.3 Å². The second-order valence-corrected chi connectivity index (χ2v) is 5.41. The average molecular weight is 354 g/mol. The van der Waals surface area contributed by atoms with E-state index in [9.17, 15) is 4.79 Å². The number of halogens is 2. The molecule has 23 heavy (non-hydrogen) atoms. The summed E-state index contributed by atoms with van der Waals surface area (Å²) in [5, 5.41) is 6.91. The first kappa shape index (κ1) is 17.3. The van der Waals surface area contributed by atoms with E-state index in [-0.39, 0.29) is 30.7 Å². The first-order chi connectivity index (χ1) is 10.3. The zero-order valence-electron chi connectivity index (χ0n) is 12.2.